The van der Waals surface area contributed by atoms with Crippen molar-refractivity contribution in [2.45, 2.75) is 37.3 Å². The second kappa shape index (κ2) is 10.6. The first kappa shape index (κ1) is 23.8. The molecular formula is C22H28O8S. The lowest BCUT2D eigenvalue weighted by molar-refractivity contribution is -0.206. The molecule has 8 nitrogen and oxygen atoms in total. The molecule has 2 aromatic carbocycles. The Bertz CT molecular complexity index is 906. The molecule has 1 saturated heterocycles. The van der Waals surface area contributed by atoms with Crippen LogP contribution in [0, 0.1) is 0 Å². The minimum atomic E-state index is -3.77. The van der Waals surface area contributed by atoms with Crippen LogP contribution in [0.2, 0.25) is 0 Å². The van der Waals surface area contributed by atoms with Crippen molar-refractivity contribution in [3.05, 3.63) is 71.8 Å². The Kier molecular flexibility index (Phi) is 8.17. The van der Waals surface area contributed by atoms with Crippen molar-refractivity contribution in [1.82, 2.24) is 0 Å². The Morgan fingerprint density at radius 1 is 0.968 bits per heavy atom. The van der Waals surface area contributed by atoms with E-state index in [9.17, 15) is 13.5 Å². The molecule has 0 aromatic heterocycles. The minimum absolute atomic E-state index is 0.0756. The third-order valence-electron chi connectivity index (χ3n) is 4.94. The Hall–Kier alpha value is -1.85. The summed E-state index contributed by atoms with van der Waals surface area (Å²) in [7, 11) is -2.38. The molecule has 0 aliphatic carbocycles. The Morgan fingerprint density at radius 2 is 1.55 bits per heavy atom. The summed E-state index contributed by atoms with van der Waals surface area (Å²) in [4.78, 5) is 0. The number of benzene rings is 2. The van der Waals surface area contributed by atoms with Gasteiger partial charge in [-0.05, 0) is 11.1 Å². The standard InChI is InChI=1S/C22H28O8S/c1-26-21-19(23)20(28-14-18-11-7-4-8-12-18)22(30-21,16-29-31(2,24)25)15-27-13-17-9-5-3-6-10-17/h3-12,19-21,23H,13-16H2,1-2H3/t19-,20+,21+,22+/m1/s1. The van der Waals surface area contributed by atoms with Crippen LogP contribution in [0.15, 0.2) is 60.7 Å². The van der Waals surface area contributed by atoms with Gasteiger partial charge in [0.25, 0.3) is 10.1 Å². The van der Waals surface area contributed by atoms with Crippen LogP contribution in [0.3, 0.4) is 0 Å². The van der Waals surface area contributed by atoms with E-state index >= 15 is 0 Å². The highest BCUT2D eigenvalue weighted by molar-refractivity contribution is 7.85. The molecule has 1 aliphatic heterocycles. The predicted molar refractivity (Wildman–Crippen MR) is 113 cm³/mol. The molecule has 0 bridgehead atoms. The molecule has 1 N–H and O–H groups in total. The summed E-state index contributed by atoms with van der Waals surface area (Å²) in [5, 5.41) is 10.8. The lowest BCUT2D eigenvalue weighted by atomic mass is 9.96. The molecule has 4 atom stereocenters. The van der Waals surface area contributed by atoms with E-state index in [4.69, 9.17) is 23.1 Å². The molecule has 1 aliphatic rings. The number of ether oxygens (including phenoxy) is 4. The molecule has 3 rings (SSSR count). The zero-order chi connectivity index (χ0) is 22.3. The molecule has 0 saturated carbocycles. The number of aliphatic hydroxyl groups is 1. The summed E-state index contributed by atoms with van der Waals surface area (Å²) < 4.78 is 51.5. The van der Waals surface area contributed by atoms with Crippen molar-refractivity contribution in [3.8, 4) is 0 Å². The molecule has 2 aromatic rings. The fourth-order valence-electron chi connectivity index (χ4n) is 3.42. The van der Waals surface area contributed by atoms with E-state index in [0.717, 1.165) is 17.4 Å². The summed E-state index contributed by atoms with van der Waals surface area (Å²) >= 11 is 0. The lowest BCUT2D eigenvalue weighted by Gasteiger charge is -2.33. The van der Waals surface area contributed by atoms with Crippen LogP contribution in [-0.4, -0.2) is 64.2 Å². The fraction of sp³-hybridized carbons (Fsp3) is 0.455. The molecule has 0 unspecified atom stereocenters. The van der Waals surface area contributed by atoms with Crippen LogP contribution >= 0.6 is 0 Å². The van der Waals surface area contributed by atoms with Gasteiger partial charge in [-0.2, -0.15) is 8.42 Å². The highest BCUT2D eigenvalue weighted by atomic mass is 32.2. The van der Waals surface area contributed by atoms with E-state index in [1.165, 1.54) is 7.11 Å². The van der Waals surface area contributed by atoms with Crippen LogP contribution in [-0.2, 0) is 46.5 Å². The van der Waals surface area contributed by atoms with Crippen LogP contribution in [0.4, 0.5) is 0 Å². The SMILES string of the molecule is CO[C@H]1O[C@@](COCc2ccccc2)(COS(C)(=O)=O)[C@@H](OCc2ccccc2)[C@H]1O. The molecule has 0 radical (unpaired) electrons. The van der Waals surface area contributed by atoms with Crippen LogP contribution in [0.25, 0.3) is 0 Å². The second-order valence-electron chi connectivity index (χ2n) is 7.44. The van der Waals surface area contributed by atoms with Gasteiger partial charge in [0.1, 0.15) is 24.4 Å². The largest absolute Gasteiger partial charge is 0.385 e. The lowest BCUT2D eigenvalue weighted by Crippen LogP contribution is -2.52. The van der Waals surface area contributed by atoms with Gasteiger partial charge in [0, 0.05) is 7.11 Å². The topological polar surface area (TPSA) is 101 Å². The van der Waals surface area contributed by atoms with Gasteiger partial charge in [-0.1, -0.05) is 60.7 Å². The molecule has 9 heteroatoms. The average Bonchev–Trinajstić information content (AvgIpc) is 3.03. The Labute approximate surface area is 182 Å². The fourth-order valence-corrected chi connectivity index (χ4v) is 3.83. The summed E-state index contributed by atoms with van der Waals surface area (Å²) in [6.07, 6.45) is -2.19. The first-order chi connectivity index (χ1) is 14.8. The van der Waals surface area contributed by atoms with Crippen molar-refractivity contribution in [3.63, 3.8) is 0 Å². The van der Waals surface area contributed by atoms with Gasteiger partial charge in [0.15, 0.2) is 6.29 Å². The van der Waals surface area contributed by atoms with E-state index in [0.29, 0.717) is 0 Å². The Balaban J connectivity index is 1.80. The van der Waals surface area contributed by atoms with E-state index in [1.54, 1.807) is 0 Å². The average molecular weight is 453 g/mol. The third-order valence-corrected chi connectivity index (χ3v) is 5.48. The molecule has 1 heterocycles. The molecule has 31 heavy (non-hydrogen) atoms. The number of methoxy groups -OCH3 is 1. The maximum absolute atomic E-state index is 11.7. The monoisotopic (exact) mass is 452 g/mol. The highest BCUT2D eigenvalue weighted by Crippen LogP contribution is 2.36. The zero-order valence-corrected chi connectivity index (χ0v) is 18.4. The maximum atomic E-state index is 11.7. The van der Waals surface area contributed by atoms with E-state index < -0.39 is 40.8 Å². The number of rotatable bonds is 11. The molecular weight excluding hydrogens is 424 g/mol. The van der Waals surface area contributed by atoms with Gasteiger partial charge >= 0.3 is 0 Å². The molecule has 0 spiro atoms. The van der Waals surface area contributed by atoms with Gasteiger partial charge in [-0.3, -0.25) is 4.18 Å². The number of aliphatic hydroxyl groups excluding tert-OH is 1. The molecule has 0 amide bonds. The normalized spacial score (nSPS) is 26.2. The second-order valence-corrected chi connectivity index (χ2v) is 9.08. The molecule has 1 fully saturated rings. The summed E-state index contributed by atoms with van der Waals surface area (Å²) in [5.41, 5.74) is 0.427. The zero-order valence-electron chi connectivity index (χ0n) is 17.5. The van der Waals surface area contributed by atoms with Crippen molar-refractivity contribution in [1.29, 1.82) is 0 Å². The Morgan fingerprint density at radius 3 is 2.10 bits per heavy atom. The third kappa shape index (κ3) is 6.56. The predicted octanol–water partition coefficient (Wildman–Crippen LogP) is 1.87. The number of hydrogen-bond donors (Lipinski definition) is 1. The maximum Gasteiger partial charge on any atom is 0.264 e. The first-order valence-electron chi connectivity index (χ1n) is 9.83. The quantitative estimate of drug-likeness (QED) is 0.516. The van der Waals surface area contributed by atoms with Crippen molar-refractivity contribution < 1.29 is 36.7 Å². The van der Waals surface area contributed by atoms with Crippen LogP contribution < -0.4 is 0 Å². The van der Waals surface area contributed by atoms with Crippen molar-refractivity contribution >= 4 is 10.1 Å². The first-order valence-corrected chi connectivity index (χ1v) is 11.6. The van der Waals surface area contributed by atoms with Crippen molar-refractivity contribution in [2.24, 2.45) is 0 Å². The molecule has 170 valence electrons. The summed E-state index contributed by atoms with van der Waals surface area (Å²) in [6.45, 7) is -0.0174. The smallest absolute Gasteiger partial charge is 0.264 e. The van der Waals surface area contributed by atoms with Crippen LogP contribution in [0.5, 0.6) is 0 Å². The van der Waals surface area contributed by atoms with E-state index in [1.807, 2.05) is 60.7 Å². The van der Waals surface area contributed by atoms with Crippen molar-refractivity contribution in [2.75, 3.05) is 26.6 Å². The van der Waals surface area contributed by atoms with E-state index in [2.05, 4.69) is 0 Å². The van der Waals surface area contributed by atoms with Gasteiger partial charge in [-0.25, -0.2) is 0 Å². The van der Waals surface area contributed by atoms with E-state index in [-0.39, 0.29) is 19.8 Å². The summed E-state index contributed by atoms with van der Waals surface area (Å²) in [5.74, 6) is 0. The number of hydrogen-bond acceptors (Lipinski definition) is 8. The minimum Gasteiger partial charge on any atom is -0.385 e. The van der Waals surface area contributed by atoms with Crippen LogP contribution in [0.1, 0.15) is 11.1 Å². The van der Waals surface area contributed by atoms with Gasteiger partial charge in [0.05, 0.1) is 26.1 Å². The summed E-state index contributed by atoms with van der Waals surface area (Å²) in [6, 6.07) is 18.9. The highest BCUT2D eigenvalue weighted by Gasteiger charge is 2.57. The van der Waals surface area contributed by atoms with Gasteiger partial charge in [0.2, 0.25) is 0 Å². The van der Waals surface area contributed by atoms with Gasteiger partial charge < -0.3 is 24.1 Å². The van der Waals surface area contributed by atoms with Gasteiger partial charge in [-0.15, -0.1) is 0 Å².